The Kier molecular flexibility index (Phi) is 29.7. The van der Waals surface area contributed by atoms with Crippen molar-refractivity contribution in [2.24, 2.45) is 11.8 Å². The number of nitrogens with zero attached hydrogens (tertiary/aromatic N) is 1. The number of carbonyl (C=O) groups is 3. The van der Waals surface area contributed by atoms with Gasteiger partial charge in [-0.05, 0) is 57.3 Å². The highest BCUT2D eigenvalue weighted by Gasteiger charge is 2.39. The summed E-state index contributed by atoms with van der Waals surface area (Å²) in [7, 11) is 1.02. The number of hydrogen-bond donors (Lipinski definition) is 2. The van der Waals surface area contributed by atoms with Gasteiger partial charge in [-0.15, -0.1) is 0 Å². The first kappa shape index (κ1) is 53.1. The molecule has 0 bridgehead atoms. The van der Waals surface area contributed by atoms with E-state index in [0.717, 1.165) is 70.6 Å². The molecule has 0 aromatic carbocycles. The number of carbonyl (C=O) groups excluding carboxylic acids is 3. The predicted molar refractivity (Wildman–Crippen MR) is 223 cm³/mol. The molecule has 0 aromatic heterocycles. The van der Waals surface area contributed by atoms with E-state index < -0.39 is 50.6 Å². The minimum absolute atomic E-state index is 0.00171. The van der Waals surface area contributed by atoms with Gasteiger partial charge in [0, 0.05) is 25.2 Å². The van der Waals surface area contributed by atoms with Gasteiger partial charge in [0.2, 0.25) is 0 Å². The third kappa shape index (κ3) is 29.0. The van der Waals surface area contributed by atoms with Crippen molar-refractivity contribution in [1.82, 2.24) is 0 Å². The standard InChI is InChI=1S/C44H80NO11P/c1-6-8-10-11-12-13-14-15-16-17-18-19-24-28-43(49)53-35-38(36-55-57(51,52)54-33-32-45(3,4)5)56-44(50)29-25-21-20-23-27-39-40(42(48)34-41(39)47)31-30-37(46)26-22-9-7-2/h13-14,30-31,37-41,46-47H,6-12,15-29,32-36H2,1-5H3/b14-13-,31-30+/t37-,38+,39+,40+,41-/m0/s1. The molecule has 2 N–H and O–H groups in total. The van der Waals surface area contributed by atoms with Crippen molar-refractivity contribution in [2.75, 3.05) is 47.5 Å². The van der Waals surface area contributed by atoms with Crippen molar-refractivity contribution >= 4 is 25.5 Å². The summed E-state index contributed by atoms with van der Waals surface area (Å²) in [4.78, 5) is 50.3. The van der Waals surface area contributed by atoms with Crippen molar-refractivity contribution in [3.63, 3.8) is 0 Å². The normalized spacial score (nSPS) is 19.6. The van der Waals surface area contributed by atoms with Gasteiger partial charge in [0.25, 0.3) is 7.82 Å². The number of Topliss-reactive ketones (excluding diaryl/α,β-unsaturated/α-hetero) is 1. The van der Waals surface area contributed by atoms with Crippen LogP contribution in [-0.2, 0) is 37.5 Å². The Morgan fingerprint density at radius 3 is 2.05 bits per heavy atom. The predicted octanol–water partition coefficient (Wildman–Crippen LogP) is 8.31. The second kappa shape index (κ2) is 31.9. The van der Waals surface area contributed by atoms with Crippen LogP contribution in [0.15, 0.2) is 24.3 Å². The minimum Gasteiger partial charge on any atom is -0.756 e. The van der Waals surface area contributed by atoms with E-state index in [9.17, 15) is 34.1 Å². The van der Waals surface area contributed by atoms with Gasteiger partial charge in [-0.25, -0.2) is 0 Å². The summed E-state index contributed by atoms with van der Waals surface area (Å²) in [5, 5.41) is 20.8. The molecule has 1 aliphatic carbocycles. The molecule has 1 saturated carbocycles. The average molecular weight is 830 g/mol. The smallest absolute Gasteiger partial charge is 0.306 e. The maximum Gasteiger partial charge on any atom is 0.306 e. The van der Waals surface area contributed by atoms with E-state index >= 15 is 0 Å². The maximum absolute atomic E-state index is 12.8. The van der Waals surface area contributed by atoms with Crippen molar-refractivity contribution in [1.29, 1.82) is 0 Å². The minimum atomic E-state index is -4.69. The van der Waals surface area contributed by atoms with Crippen LogP contribution in [-0.4, -0.2) is 98.2 Å². The molecule has 332 valence electrons. The largest absolute Gasteiger partial charge is 0.756 e. The summed E-state index contributed by atoms with van der Waals surface area (Å²) in [5.41, 5.74) is 0. The molecule has 0 heterocycles. The maximum atomic E-state index is 12.8. The van der Waals surface area contributed by atoms with Gasteiger partial charge in [0.1, 0.15) is 25.5 Å². The zero-order valence-electron chi connectivity index (χ0n) is 36.3. The summed E-state index contributed by atoms with van der Waals surface area (Å²) in [6, 6.07) is 0. The van der Waals surface area contributed by atoms with Crippen LogP contribution in [0, 0.1) is 11.8 Å². The van der Waals surface area contributed by atoms with E-state index in [1.165, 1.54) is 25.7 Å². The Hall–Kier alpha value is -1.92. The van der Waals surface area contributed by atoms with Crippen LogP contribution in [0.4, 0.5) is 0 Å². The zero-order chi connectivity index (χ0) is 42.4. The second-order valence-electron chi connectivity index (χ2n) is 16.8. The molecule has 1 fully saturated rings. The third-order valence-corrected chi connectivity index (χ3v) is 11.3. The molecule has 0 amide bonds. The lowest BCUT2D eigenvalue weighted by molar-refractivity contribution is -0.870. The first-order valence-corrected chi connectivity index (χ1v) is 23.6. The SMILES string of the molecule is CCCCCC/C=C\CCCCCCCC(=O)OC[C@H](COP(=O)([O-])OCC[N+](C)(C)C)OC(=O)CCCCCC[C@H]1[C@@H](O)CC(=O)[C@@H]1/C=C/[C@@H](O)CCCCC. The fourth-order valence-electron chi connectivity index (χ4n) is 6.79. The average Bonchev–Trinajstić information content (AvgIpc) is 3.41. The van der Waals surface area contributed by atoms with Gasteiger partial charge in [-0.2, -0.15) is 0 Å². The lowest BCUT2D eigenvalue weighted by atomic mass is 9.88. The highest BCUT2D eigenvalue weighted by molar-refractivity contribution is 7.45. The van der Waals surface area contributed by atoms with Gasteiger partial charge in [-0.1, -0.05) is 115 Å². The number of ketones is 1. The number of hydrogen-bond acceptors (Lipinski definition) is 11. The van der Waals surface area contributed by atoms with Crippen LogP contribution < -0.4 is 4.89 Å². The Morgan fingerprint density at radius 1 is 0.825 bits per heavy atom. The Balaban J connectivity index is 2.50. The fraction of sp³-hybridized carbons (Fsp3) is 0.841. The highest BCUT2D eigenvalue weighted by Crippen LogP contribution is 2.38. The molecule has 12 nitrogen and oxygen atoms in total. The van der Waals surface area contributed by atoms with E-state index in [-0.39, 0.29) is 44.2 Å². The lowest BCUT2D eigenvalue weighted by Gasteiger charge is -2.28. The van der Waals surface area contributed by atoms with Crippen LogP contribution in [0.1, 0.15) is 162 Å². The number of rotatable bonds is 36. The summed E-state index contributed by atoms with van der Waals surface area (Å²) >= 11 is 0. The van der Waals surface area contributed by atoms with E-state index in [1.807, 2.05) is 21.1 Å². The third-order valence-electron chi connectivity index (χ3n) is 10.4. The molecular weight excluding hydrogens is 749 g/mol. The zero-order valence-corrected chi connectivity index (χ0v) is 37.1. The molecule has 1 unspecified atom stereocenters. The Bertz CT molecular complexity index is 1190. The monoisotopic (exact) mass is 830 g/mol. The Labute approximate surface area is 345 Å². The van der Waals surface area contributed by atoms with Gasteiger partial charge in [0.05, 0.1) is 40.0 Å². The molecule has 13 heteroatoms. The van der Waals surface area contributed by atoms with E-state index in [1.54, 1.807) is 12.2 Å². The molecule has 1 aliphatic rings. The molecule has 0 spiro atoms. The first-order valence-electron chi connectivity index (χ1n) is 22.1. The summed E-state index contributed by atoms with van der Waals surface area (Å²) in [5.74, 6) is -1.60. The van der Waals surface area contributed by atoms with Crippen LogP contribution in [0.25, 0.3) is 0 Å². The van der Waals surface area contributed by atoms with E-state index in [4.69, 9.17) is 18.5 Å². The molecule has 0 saturated heterocycles. The summed E-state index contributed by atoms with van der Waals surface area (Å²) in [6.45, 7) is 3.82. The van der Waals surface area contributed by atoms with Crippen molar-refractivity contribution in [3.05, 3.63) is 24.3 Å². The first-order chi connectivity index (χ1) is 27.2. The number of likely N-dealkylation sites (N-methyl/N-ethyl adjacent to an activating group) is 1. The van der Waals surface area contributed by atoms with Crippen LogP contribution in [0.3, 0.4) is 0 Å². The highest BCUT2D eigenvalue weighted by atomic mass is 31.2. The number of allylic oxidation sites excluding steroid dienone is 3. The van der Waals surface area contributed by atoms with Crippen molar-refractivity contribution < 1.29 is 57.1 Å². The number of unbranched alkanes of at least 4 members (excludes halogenated alkanes) is 14. The number of esters is 2. The molecule has 1 rings (SSSR count). The van der Waals surface area contributed by atoms with Crippen LogP contribution in [0.2, 0.25) is 0 Å². The van der Waals surface area contributed by atoms with E-state index in [0.29, 0.717) is 43.1 Å². The van der Waals surface area contributed by atoms with Gasteiger partial charge >= 0.3 is 11.9 Å². The summed E-state index contributed by atoms with van der Waals surface area (Å²) in [6.07, 6.45) is 25.4. The number of phosphoric ester groups is 1. The van der Waals surface area contributed by atoms with Crippen LogP contribution >= 0.6 is 7.82 Å². The lowest BCUT2D eigenvalue weighted by Crippen LogP contribution is -2.37. The Morgan fingerprint density at radius 2 is 1.40 bits per heavy atom. The van der Waals surface area contributed by atoms with Gasteiger partial charge in [0.15, 0.2) is 6.10 Å². The van der Waals surface area contributed by atoms with Gasteiger partial charge in [-0.3, -0.25) is 18.9 Å². The van der Waals surface area contributed by atoms with Crippen LogP contribution in [0.5, 0.6) is 0 Å². The number of phosphoric acid groups is 1. The molecule has 0 aromatic rings. The summed E-state index contributed by atoms with van der Waals surface area (Å²) < 4.78 is 33.8. The van der Waals surface area contributed by atoms with Crippen molar-refractivity contribution in [2.45, 2.75) is 180 Å². The van der Waals surface area contributed by atoms with Gasteiger partial charge < -0.3 is 38.1 Å². The molecule has 0 aliphatic heterocycles. The van der Waals surface area contributed by atoms with E-state index in [2.05, 4.69) is 26.0 Å². The molecule has 6 atom stereocenters. The molecule has 0 radical (unpaired) electrons. The number of ether oxygens (including phenoxy) is 2. The fourth-order valence-corrected chi connectivity index (χ4v) is 7.52. The number of aliphatic hydroxyl groups excluding tert-OH is 2. The quantitative estimate of drug-likeness (QED) is 0.0205. The topological polar surface area (TPSA) is 169 Å². The number of aliphatic hydroxyl groups is 2. The van der Waals surface area contributed by atoms with Crippen molar-refractivity contribution in [3.8, 4) is 0 Å². The molecule has 57 heavy (non-hydrogen) atoms. The molecular formula is C44H80NO11P. The number of quaternary nitrogens is 1. The second-order valence-corrected chi connectivity index (χ2v) is 18.3.